The van der Waals surface area contributed by atoms with Crippen molar-refractivity contribution < 1.29 is 13.7 Å². The monoisotopic (exact) mass is 453 g/mol. The van der Waals surface area contributed by atoms with E-state index < -0.39 is 12.9 Å². The summed E-state index contributed by atoms with van der Waals surface area (Å²) in [7, 11) is 3.35. The van der Waals surface area contributed by atoms with E-state index in [4.69, 9.17) is 4.11 Å². The van der Waals surface area contributed by atoms with Gasteiger partial charge in [-0.15, -0.1) is 10.2 Å². The van der Waals surface area contributed by atoms with Crippen LogP contribution in [0.1, 0.15) is 33.3 Å². The zero-order valence-corrected chi connectivity index (χ0v) is 17.8. The number of hydrogen-bond donors (Lipinski definition) is 3. The van der Waals surface area contributed by atoms with Crippen LogP contribution < -0.4 is 26.5 Å². The Morgan fingerprint density at radius 1 is 1.24 bits per heavy atom. The highest BCUT2D eigenvalue weighted by Gasteiger charge is 2.31. The molecule has 1 fully saturated rings. The van der Waals surface area contributed by atoms with Gasteiger partial charge in [0.15, 0.2) is 23.2 Å². The summed E-state index contributed by atoms with van der Waals surface area (Å²) in [5, 5.41) is 19.6. The van der Waals surface area contributed by atoms with Gasteiger partial charge in [-0.3, -0.25) is 9.59 Å². The van der Waals surface area contributed by atoms with Gasteiger partial charge < -0.3 is 20.9 Å². The number of carbonyl (C=O) groups is 2. The molecule has 0 aromatic carbocycles. The Balaban J connectivity index is 1.57. The molecule has 1 saturated carbocycles. The smallest absolute Gasteiger partial charge is 0.350 e. The number of nitrogens with zero attached hydrogens (tertiary/aromatic N) is 7. The average Bonchev–Trinajstić information content (AvgIpc) is 3.59. The van der Waals surface area contributed by atoms with Crippen molar-refractivity contribution in [2.24, 2.45) is 13.0 Å². The van der Waals surface area contributed by atoms with Crippen LogP contribution in [0.5, 0.6) is 0 Å². The summed E-state index contributed by atoms with van der Waals surface area (Å²) in [5.41, 5.74) is 0.490. The molecule has 33 heavy (non-hydrogen) atoms. The molecule has 3 N–H and O–H groups in total. The summed E-state index contributed by atoms with van der Waals surface area (Å²) in [5.74, 6) is -0.397. The number of amides is 2. The van der Waals surface area contributed by atoms with Crippen LogP contribution in [0, 0.1) is 5.92 Å². The fourth-order valence-corrected chi connectivity index (χ4v) is 3.72. The van der Waals surface area contributed by atoms with Crippen molar-refractivity contribution in [1.82, 2.24) is 34.8 Å². The molecule has 1 aliphatic heterocycles. The van der Waals surface area contributed by atoms with Crippen LogP contribution in [-0.2, 0) is 18.4 Å². The molecule has 3 aromatic rings. The Kier molecular flexibility index (Phi) is 4.03. The third kappa shape index (κ3) is 3.56. The van der Waals surface area contributed by atoms with E-state index in [1.165, 1.54) is 21.5 Å². The van der Waals surface area contributed by atoms with Crippen LogP contribution in [0.3, 0.4) is 0 Å². The summed E-state index contributed by atoms with van der Waals surface area (Å²) in [6.07, 6.45) is 3.05. The largest absolute Gasteiger partial charge is 0.362 e. The average molecular weight is 453 g/mol. The molecule has 0 radical (unpaired) electrons. The SMILES string of the molecule is [2H]C([2H])([2H])NC(=O)c1nnc(NC(=O)C2CC2)cc1Nc1nccc2c1N(C)Cc1nn(C)c(=O)n1-2. The first kappa shape index (κ1) is 17.3. The number of hydrogen-bond acceptors (Lipinski definition) is 9. The minimum absolute atomic E-state index is 0.0662. The van der Waals surface area contributed by atoms with E-state index in [0.29, 0.717) is 23.7 Å². The Labute approximate surface area is 192 Å². The van der Waals surface area contributed by atoms with Crippen molar-refractivity contribution in [3.05, 3.63) is 40.3 Å². The molecule has 0 spiro atoms. The van der Waals surface area contributed by atoms with Crippen molar-refractivity contribution in [1.29, 1.82) is 0 Å². The van der Waals surface area contributed by atoms with Crippen molar-refractivity contribution in [2.45, 2.75) is 19.4 Å². The molecule has 2 aliphatic rings. The maximum atomic E-state index is 12.7. The lowest BCUT2D eigenvalue weighted by Crippen LogP contribution is -2.31. The molecule has 0 unspecified atom stereocenters. The van der Waals surface area contributed by atoms with Gasteiger partial charge >= 0.3 is 5.69 Å². The molecular weight excluding hydrogens is 428 g/mol. The van der Waals surface area contributed by atoms with E-state index in [0.717, 1.165) is 12.8 Å². The second-order valence-electron chi connectivity index (χ2n) is 7.88. The van der Waals surface area contributed by atoms with Gasteiger partial charge in [0, 0.05) is 43.4 Å². The quantitative estimate of drug-likeness (QED) is 0.490. The van der Waals surface area contributed by atoms with E-state index in [2.05, 4.69) is 30.9 Å². The van der Waals surface area contributed by atoms with Crippen molar-refractivity contribution in [3.8, 4) is 5.69 Å². The number of nitrogens with one attached hydrogen (secondary N) is 3. The van der Waals surface area contributed by atoms with Gasteiger partial charge in [0.1, 0.15) is 5.69 Å². The van der Waals surface area contributed by atoms with Gasteiger partial charge in [-0.2, -0.15) is 5.10 Å². The molecule has 1 aliphatic carbocycles. The van der Waals surface area contributed by atoms with Crippen molar-refractivity contribution in [2.75, 3.05) is 29.6 Å². The summed E-state index contributed by atoms with van der Waals surface area (Å²) in [4.78, 5) is 43.8. The van der Waals surface area contributed by atoms with E-state index in [9.17, 15) is 14.4 Å². The van der Waals surface area contributed by atoms with Crippen molar-refractivity contribution >= 4 is 34.8 Å². The molecule has 0 saturated heterocycles. The number of anilines is 4. The number of aryl methyl sites for hydroxylation is 1. The van der Waals surface area contributed by atoms with Gasteiger partial charge in [-0.1, -0.05) is 0 Å². The second-order valence-corrected chi connectivity index (χ2v) is 7.88. The van der Waals surface area contributed by atoms with Gasteiger partial charge in [0.2, 0.25) is 5.91 Å². The van der Waals surface area contributed by atoms with Crippen molar-refractivity contribution in [3.63, 3.8) is 0 Å². The maximum absolute atomic E-state index is 12.7. The lowest BCUT2D eigenvalue weighted by atomic mass is 10.2. The molecule has 4 heterocycles. The number of fused-ring (bicyclic) bond motifs is 3. The van der Waals surface area contributed by atoms with Crippen LogP contribution in [0.2, 0.25) is 0 Å². The number of carbonyl (C=O) groups excluding carboxylic acids is 2. The first-order valence-electron chi connectivity index (χ1n) is 11.7. The van der Waals surface area contributed by atoms with E-state index in [-0.39, 0.29) is 40.5 Å². The van der Waals surface area contributed by atoms with Gasteiger partial charge in [0.25, 0.3) is 5.91 Å². The van der Waals surface area contributed by atoms with E-state index in [1.807, 2.05) is 10.2 Å². The summed E-state index contributed by atoms with van der Waals surface area (Å²) in [6, 6.07) is 3.05. The zero-order chi connectivity index (χ0) is 25.8. The van der Waals surface area contributed by atoms with Crippen LogP contribution in [0.25, 0.3) is 5.69 Å². The summed E-state index contributed by atoms with van der Waals surface area (Å²) in [6.45, 7) is -2.44. The molecular formula is C20H22N10O3. The normalized spacial score (nSPS) is 16.1. The second kappa shape index (κ2) is 7.69. The Hall–Kier alpha value is -4.29. The van der Waals surface area contributed by atoms with E-state index in [1.54, 1.807) is 20.2 Å². The highest BCUT2D eigenvalue weighted by Crippen LogP contribution is 2.36. The number of aromatic nitrogens is 6. The van der Waals surface area contributed by atoms with Crippen LogP contribution >= 0.6 is 0 Å². The topological polar surface area (TPSA) is 152 Å². The molecule has 13 nitrogen and oxygen atoms in total. The van der Waals surface area contributed by atoms with Crippen LogP contribution in [-0.4, -0.2) is 55.4 Å². The molecule has 0 bridgehead atoms. The molecule has 3 aromatic heterocycles. The first-order chi connectivity index (χ1) is 17.0. The minimum atomic E-state index is -2.75. The van der Waals surface area contributed by atoms with Crippen LogP contribution in [0.4, 0.5) is 23.0 Å². The Morgan fingerprint density at radius 2 is 2.06 bits per heavy atom. The number of pyridine rings is 1. The predicted octanol–water partition coefficient (Wildman–Crippen LogP) is 0.157. The van der Waals surface area contributed by atoms with E-state index >= 15 is 0 Å². The first-order valence-corrected chi connectivity index (χ1v) is 10.2. The highest BCUT2D eigenvalue weighted by molar-refractivity contribution is 6.00. The predicted molar refractivity (Wildman–Crippen MR) is 119 cm³/mol. The zero-order valence-electron chi connectivity index (χ0n) is 20.8. The minimum Gasteiger partial charge on any atom is -0.362 e. The fourth-order valence-electron chi connectivity index (χ4n) is 3.72. The van der Waals surface area contributed by atoms with Gasteiger partial charge in [-0.25, -0.2) is 19.0 Å². The molecule has 170 valence electrons. The lowest BCUT2D eigenvalue weighted by molar-refractivity contribution is -0.117. The summed E-state index contributed by atoms with van der Waals surface area (Å²) >= 11 is 0. The summed E-state index contributed by atoms with van der Waals surface area (Å²) < 4.78 is 24.8. The highest BCUT2D eigenvalue weighted by atomic mass is 16.2. The Bertz CT molecular complexity index is 1440. The number of rotatable bonds is 5. The molecule has 5 rings (SSSR count). The van der Waals surface area contributed by atoms with Gasteiger partial charge in [-0.05, 0) is 18.9 Å². The molecule has 13 heteroatoms. The third-order valence-electron chi connectivity index (χ3n) is 5.47. The fraction of sp³-hybridized carbons (Fsp3) is 0.350. The maximum Gasteiger partial charge on any atom is 0.350 e. The van der Waals surface area contributed by atoms with Crippen LogP contribution in [0.15, 0.2) is 23.1 Å². The molecule has 0 atom stereocenters. The Morgan fingerprint density at radius 3 is 2.82 bits per heavy atom. The van der Waals surface area contributed by atoms with Gasteiger partial charge in [0.05, 0.1) is 17.9 Å². The molecule has 2 amide bonds. The lowest BCUT2D eigenvalue weighted by Gasteiger charge is -2.29. The third-order valence-corrected chi connectivity index (χ3v) is 5.47. The standard InChI is InChI=1S/C20H22N10O3/c1-21-19(32)15-11(8-13(25-26-15)24-18(31)10-4-5-10)23-17-16-12(6-7-22-17)30-14(9-28(16)2)27-29(3)20(30)33/h6-8,10H,4-5,9H2,1-3H3,(H,21,32)(H2,22,23,24,25,31)/i1D3.